The van der Waals surface area contributed by atoms with E-state index in [0.29, 0.717) is 0 Å². The van der Waals surface area contributed by atoms with Crippen LogP contribution in [0, 0.1) is 0 Å². The fraction of sp³-hybridized carbons (Fsp3) is 0.500. The van der Waals surface area contributed by atoms with E-state index in [-0.39, 0.29) is 0 Å². The van der Waals surface area contributed by atoms with E-state index < -0.39 is 80.4 Å². The molecule has 1 aromatic rings. The van der Waals surface area contributed by atoms with E-state index in [1.165, 1.54) is 0 Å². The normalized spacial score (nSPS) is 15.4. The van der Waals surface area contributed by atoms with Gasteiger partial charge in [-0.1, -0.05) is 0 Å². The number of alkyl halides is 14. The largest absolute Gasteiger partial charge is 0.435 e. The average molecular weight is 494 g/mol. The Balaban J connectivity index is 4.24. The van der Waals surface area contributed by atoms with Crippen molar-refractivity contribution in [3.8, 4) is 0 Å². The third-order valence-electron chi connectivity index (χ3n) is 3.56. The van der Waals surface area contributed by atoms with Crippen molar-refractivity contribution in [2.24, 2.45) is 0 Å². The van der Waals surface area contributed by atoms with Crippen molar-refractivity contribution in [1.82, 2.24) is 0 Å². The zero-order valence-electron chi connectivity index (χ0n) is 13.2. The Bertz CT molecular complexity index is 822. The highest BCUT2D eigenvalue weighted by Gasteiger charge is 2.76. The molecule has 1 rings (SSSR count). The standard InChI is InChI=1S/C12H4F14O3S/c13-7(9(15,16)17,10(18,19)20)4-1-5(3-6(2-4)30(27,28)29)8(14,11(21,22)23)12(24,25)26/h1-3H,(H,27,28,29). The summed E-state index contributed by atoms with van der Waals surface area (Å²) in [5, 5.41) is 0. The molecule has 0 aliphatic carbocycles. The van der Waals surface area contributed by atoms with Gasteiger partial charge in [-0.05, 0) is 18.2 Å². The number of benzene rings is 1. The molecule has 0 radical (unpaired) electrons. The second kappa shape index (κ2) is 6.83. The van der Waals surface area contributed by atoms with Gasteiger partial charge in [-0.25, -0.2) is 8.78 Å². The van der Waals surface area contributed by atoms with E-state index in [0.717, 1.165) is 0 Å². The molecule has 1 N–H and O–H groups in total. The van der Waals surface area contributed by atoms with Crippen molar-refractivity contribution in [2.45, 2.75) is 40.9 Å². The summed E-state index contributed by atoms with van der Waals surface area (Å²) >= 11 is 0. The number of rotatable bonds is 3. The van der Waals surface area contributed by atoms with Gasteiger partial charge in [-0.2, -0.15) is 61.1 Å². The van der Waals surface area contributed by atoms with Crippen LogP contribution in [0.25, 0.3) is 0 Å². The first-order valence-corrected chi connectivity index (χ1v) is 8.04. The summed E-state index contributed by atoms with van der Waals surface area (Å²) in [6.07, 6.45) is -28.5. The molecular weight excluding hydrogens is 490 g/mol. The summed E-state index contributed by atoms with van der Waals surface area (Å²) in [7, 11) is -6.15. The second-order valence-electron chi connectivity index (χ2n) is 5.53. The van der Waals surface area contributed by atoms with Crippen LogP contribution in [-0.4, -0.2) is 37.7 Å². The highest BCUT2D eigenvalue weighted by atomic mass is 32.2. The SMILES string of the molecule is O=S(=O)(O)c1cc(C(F)(C(F)(F)F)C(F)(F)F)cc(C(F)(C(F)(F)F)C(F)(F)F)c1. The van der Waals surface area contributed by atoms with Gasteiger partial charge < -0.3 is 0 Å². The molecule has 0 amide bonds. The molecule has 0 atom stereocenters. The molecule has 0 spiro atoms. The number of hydrogen-bond acceptors (Lipinski definition) is 2. The van der Waals surface area contributed by atoms with Crippen LogP contribution in [0.2, 0.25) is 0 Å². The molecule has 0 aliphatic rings. The van der Waals surface area contributed by atoms with Gasteiger partial charge in [0.25, 0.3) is 10.1 Å². The first-order valence-electron chi connectivity index (χ1n) is 6.60. The van der Waals surface area contributed by atoms with Gasteiger partial charge in [-0.3, -0.25) is 4.55 Å². The number of halogens is 14. The molecule has 3 nitrogen and oxygen atoms in total. The van der Waals surface area contributed by atoms with Gasteiger partial charge >= 0.3 is 36.0 Å². The summed E-state index contributed by atoms with van der Waals surface area (Å²) in [6.45, 7) is 0. The Kier molecular flexibility index (Phi) is 5.96. The lowest BCUT2D eigenvalue weighted by Crippen LogP contribution is -2.52. The van der Waals surface area contributed by atoms with E-state index in [1.54, 1.807) is 0 Å². The second-order valence-corrected chi connectivity index (χ2v) is 6.95. The molecule has 0 bridgehead atoms. The lowest BCUT2D eigenvalue weighted by atomic mass is 9.87. The Morgan fingerprint density at radius 3 is 0.933 bits per heavy atom. The molecular formula is C12H4F14O3S. The van der Waals surface area contributed by atoms with Crippen molar-refractivity contribution in [2.75, 3.05) is 0 Å². The Morgan fingerprint density at radius 1 is 0.533 bits per heavy atom. The first-order chi connectivity index (χ1) is 12.8. The van der Waals surface area contributed by atoms with Gasteiger partial charge in [0.1, 0.15) is 0 Å². The monoisotopic (exact) mass is 494 g/mol. The fourth-order valence-electron chi connectivity index (χ4n) is 2.12. The minimum atomic E-state index is -7.12. The minimum absolute atomic E-state index is 1.03. The van der Waals surface area contributed by atoms with E-state index in [4.69, 9.17) is 4.55 Å². The van der Waals surface area contributed by atoms with Crippen molar-refractivity contribution in [1.29, 1.82) is 0 Å². The Morgan fingerprint density at radius 2 is 0.767 bits per heavy atom. The van der Waals surface area contributed by atoms with Gasteiger partial charge in [0.05, 0.1) is 4.90 Å². The topological polar surface area (TPSA) is 54.4 Å². The van der Waals surface area contributed by atoms with Gasteiger partial charge in [0.15, 0.2) is 0 Å². The smallest absolute Gasteiger partial charge is 0.282 e. The predicted molar refractivity (Wildman–Crippen MR) is 66.0 cm³/mol. The van der Waals surface area contributed by atoms with Crippen LogP contribution in [0.5, 0.6) is 0 Å². The van der Waals surface area contributed by atoms with Crippen LogP contribution in [0.3, 0.4) is 0 Å². The van der Waals surface area contributed by atoms with Gasteiger partial charge in [0, 0.05) is 11.1 Å². The van der Waals surface area contributed by atoms with E-state index in [2.05, 4.69) is 0 Å². The Hall–Kier alpha value is -1.85. The average Bonchev–Trinajstić information content (AvgIpc) is 2.47. The Labute approximate surface area is 156 Å². The quantitative estimate of drug-likeness (QED) is 0.446. The summed E-state index contributed by atoms with van der Waals surface area (Å²) in [4.78, 5) is -2.50. The predicted octanol–water partition coefficient (Wildman–Crippen LogP) is 5.51. The lowest BCUT2D eigenvalue weighted by Gasteiger charge is -2.33. The number of hydrogen-bond donors (Lipinski definition) is 1. The van der Waals surface area contributed by atoms with Crippen LogP contribution in [-0.2, 0) is 21.5 Å². The lowest BCUT2D eigenvalue weighted by molar-refractivity contribution is -0.350. The maximum atomic E-state index is 14.1. The van der Waals surface area contributed by atoms with E-state index >= 15 is 0 Å². The zero-order valence-corrected chi connectivity index (χ0v) is 14.0. The molecule has 30 heavy (non-hydrogen) atoms. The summed E-state index contributed by atoms with van der Waals surface area (Å²) in [5.41, 5.74) is -19.9. The first kappa shape index (κ1) is 26.2. The van der Waals surface area contributed by atoms with Gasteiger partial charge in [0.2, 0.25) is 0 Å². The molecule has 0 saturated carbocycles. The maximum absolute atomic E-state index is 14.1. The van der Waals surface area contributed by atoms with Gasteiger partial charge in [-0.15, -0.1) is 0 Å². The minimum Gasteiger partial charge on any atom is -0.282 e. The molecule has 18 heteroatoms. The van der Waals surface area contributed by atoms with Crippen LogP contribution >= 0.6 is 0 Å². The molecule has 174 valence electrons. The highest BCUT2D eigenvalue weighted by Crippen LogP contribution is 2.57. The van der Waals surface area contributed by atoms with Crippen LogP contribution in [0.15, 0.2) is 23.1 Å². The third-order valence-corrected chi connectivity index (χ3v) is 4.39. The molecule has 0 aliphatic heterocycles. The van der Waals surface area contributed by atoms with E-state index in [1.807, 2.05) is 0 Å². The van der Waals surface area contributed by atoms with Crippen molar-refractivity contribution in [3.05, 3.63) is 29.3 Å². The fourth-order valence-corrected chi connectivity index (χ4v) is 2.67. The molecule has 0 heterocycles. The molecule has 0 unspecified atom stereocenters. The molecule has 1 aromatic carbocycles. The molecule has 0 aromatic heterocycles. The van der Waals surface area contributed by atoms with E-state index in [9.17, 15) is 69.9 Å². The maximum Gasteiger partial charge on any atom is 0.435 e. The molecule has 0 saturated heterocycles. The van der Waals surface area contributed by atoms with Crippen molar-refractivity contribution < 1.29 is 74.4 Å². The van der Waals surface area contributed by atoms with Crippen LogP contribution < -0.4 is 0 Å². The summed E-state index contributed by atoms with van der Waals surface area (Å²) < 4.78 is 212. The highest BCUT2D eigenvalue weighted by molar-refractivity contribution is 7.85. The summed E-state index contributed by atoms with van der Waals surface area (Å²) in [6, 6.07) is -3.50. The summed E-state index contributed by atoms with van der Waals surface area (Å²) in [5.74, 6) is 0. The third kappa shape index (κ3) is 4.02. The van der Waals surface area contributed by atoms with Crippen LogP contribution in [0.4, 0.5) is 61.5 Å². The zero-order chi connectivity index (χ0) is 24.4. The van der Waals surface area contributed by atoms with Crippen molar-refractivity contribution >= 4 is 10.1 Å². The van der Waals surface area contributed by atoms with Crippen molar-refractivity contribution in [3.63, 3.8) is 0 Å². The molecule has 0 fully saturated rings. The van der Waals surface area contributed by atoms with Crippen LogP contribution in [0.1, 0.15) is 11.1 Å².